The number of para-hydroxylation sites is 1. The number of nitrogens with zero attached hydrogens (tertiary/aromatic N) is 1. The predicted octanol–water partition coefficient (Wildman–Crippen LogP) is 3.83. The molecule has 2 aromatic carbocycles. The predicted molar refractivity (Wildman–Crippen MR) is 125 cm³/mol. The maximum absolute atomic E-state index is 13.3. The molecule has 5 rings (SSSR count). The number of alkyl halides is 3. The number of anilines is 1. The van der Waals surface area contributed by atoms with Gasteiger partial charge in [0.25, 0.3) is 5.91 Å². The number of fused-ring (bicyclic) bond motifs is 5. The number of amides is 3. The number of likely N-dealkylation sites (tertiary alicyclic amines) is 1. The van der Waals surface area contributed by atoms with Gasteiger partial charge in [0.2, 0.25) is 11.8 Å². The van der Waals surface area contributed by atoms with Crippen molar-refractivity contribution < 1.29 is 37.1 Å². The van der Waals surface area contributed by atoms with Crippen LogP contribution in [0.15, 0.2) is 54.6 Å². The quantitative estimate of drug-likeness (QED) is 0.448. The van der Waals surface area contributed by atoms with Crippen LogP contribution in [0.4, 0.5) is 18.9 Å². The van der Waals surface area contributed by atoms with Crippen LogP contribution in [0.3, 0.4) is 0 Å². The summed E-state index contributed by atoms with van der Waals surface area (Å²) in [5.41, 5.74) is -0.815. The first-order chi connectivity index (χ1) is 17.6. The second-order valence-corrected chi connectivity index (χ2v) is 9.84. The van der Waals surface area contributed by atoms with Crippen LogP contribution >= 0.6 is 0 Å². The largest absolute Gasteiger partial charge is 0.454 e. The van der Waals surface area contributed by atoms with E-state index in [1.54, 1.807) is 30.3 Å². The molecule has 1 aliphatic heterocycles. The molecule has 2 bridgehead atoms. The molecule has 3 aliphatic rings. The number of carbonyl (C=O) groups excluding carboxylic acids is 4. The van der Waals surface area contributed by atoms with Crippen LogP contribution in [0.25, 0.3) is 0 Å². The highest BCUT2D eigenvalue weighted by atomic mass is 19.4. The van der Waals surface area contributed by atoms with E-state index in [4.69, 9.17) is 4.74 Å². The van der Waals surface area contributed by atoms with Gasteiger partial charge in [-0.1, -0.05) is 42.5 Å². The van der Waals surface area contributed by atoms with Gasteiger partial charge in [0.15, 0.2) is 6.61 Å². The number of carbonyl (C=O) groups is 4. The fraction of sp³-hybridized carbons (Fsp3) is 0.407. The third-order valence-corrected chi connectivity index (χ3v) is 7.67. The van der Waals surface area contributed by atoms with E-state index in [1.807, 2.05) is 0 Å². The van der Waals surface area contributed by atoms with Crippen LogP contribution in [0.5, 0.6) is 0 Å². The van der Waals surface area contributed by atoms with Crippen LogP contribution < -0.4 is 5.32 Å². The molecule has 1 saturated heterocycles. The molecule has 0 spiro atoms. The van der Waals surface area contributed by atoms with Crippen molar-refractivity contribution >= 4 is 29.4 Å². The normalized spacial score (nSPS) is 25.2. The molecule has 7 nitrogen and oxygen atoms in total. The van der Waals surface area contributed by atoms with Crippen LogP contribution in [0, 0.1) is 23.7 Å². The molecule has 3 fully saturated rings. The second kappa shape index (κ2) is 9.64. The molecule has 5 atom stereocenters. The lowest BCUT2D eigenvalue weighted by molar-refractivity contribution is -0.160. The molecule has 1 heterocycles. The maximum atomic E-state index is 13.3. The van der Waals surface area contributed by atoms with Crippen LogP contribution in [-0.2, 0) is 36.5 Å². The molecule has 194 valence electrons. The van der Waals surface area contributed by atoms with Crippen molar-refractivity contribution in [1.29, 1.82) is 0 Å². The standard InChI is InChI=1S/C27H25F3N2O5/c28-27(29,30)18-8-4-5-9-19(18)31-21(33)14-37-26(36)20(12-15-6-2-1-3-7-15)32-24(34)22-16-10-11-17(13-16)23(22)25(32)35/h1-9,16-17,20,22-23H,10-14H2,(H,31,33)/t16-,17-,20-,22-,23-/m0/s1. The van der Waals surface area contributed by atoms with E-state index < -0.39 is 53.8 Å². The Balaban J connectivity index is 1.32. The average molecular weight is 515 g/mol. The Labute approximate surface area is 211 Å². The topological polar surface area (TPSA) is 92.8 Å². The number of hydrogen-bond acceptors (Lipinski definition) is 5. The smallest absolute Gasteiger partial charge is 0.418 e. The summed E-state index contributed by atoms with van der Waals surface area (Å²) in [6.07, 6.45) is -2.08. The average Bonchev–Trinajstić information content (AvgIpc) is 3.55. The van der Waals surface area contributed by atoms with Crippen molar-refractivity contribution in [2.45, 2.75) is 37.9 Å². The van der Waals surface area contributed by atoms with Gasteiger partial charge in [0.05, 0.1) is 23.1 Å². The molecule has 10 heteroatoms. The lowest BCUT2D eigenvalue weighted by atomic mass is 9.81. The number of ether oxygens (including phenoxy) is 1. The molecule has 2 saturated carbocycles. The number of esters is 1. The maximum Gasteiger partial charge on any atom is 0.418 e. The molecule has 0 radical (unpaired) electrons. The van der Waals surface area contributed by atoms with Gasteiger partial charge in [-0.2, -0.15) is 13.2 Å². The molecular formula is C27H25F3N2O5. The minimum Gasteiger partial charge on any atom is -0.454 e. The van der Waals surface area contributed by atoms with Gasteiger partial charge < -0.3 is 10.1 Å². The zero-order valence-corrected chi connectivity index (χ0v) is 19.7. The van der Waals surface area contributed by atoms with Crippen molar-refractivity contribution in [3.8, 4) is 0 Å². The van der Waals surface area contributed by atoms with Crippen molar-refractivity contribution in [2.75, 3.05) is 11.9 Å². The summed E-state index contributed by atoms with van der Waals surface area (Å²) < 4.78 is 44.8. The first kappa shape index (κ1) is 25.0. The van der Waals surface area contributed by atoms with Gasteiger partial charge in [-0.3, -0.25) is 19.3 Å². The van der Waals surface area contributed by atoms with Crippen molar-refractivity contribution in [3.05, 3.63) is 65.7 Å². The van der Waals surface area contributed by atoms with Gasteiger partial charge in [-0.05, 0) is 48.8 Å². The highest BCUT2D eigenvalue weighted by Crippen LogP contribution is 2.56. The minimum absolute atomic E-state index is 0.00442. The second-order valence-electron chi connectivity index (χ2n) is 9.84. The third kappa shape index (κ3) is 4.72. The Morgan fingerprint density at radius 3 is 2.16 bits per heavy atom. The third-order valence-electron chi connectivity index (χ3n) is 7.67. The van der Waals surface area contributed by atoms with Crippen LogP contribution in [0.2, 0.25) is 0 Å². The SMILES string of the molecule is O=C(COC(=O)[C@H](Cc1ccccc1)N1C(=O)[C@H]2[C@H]3CC[C@@H](C3)[C@@H]2C1=O)Nc1ccccc1C(F)(F)F. The van der Waals surface area contributed by atoms with Gasteiger partial charge in [0, 0.05) is 6.42 Å². The summed E-state index contributed by atoms with van der Waals surface area (Å²) in [7, 11) is 0. The molecule has 3 amide bonds. The summed E-state index contributed by atoms with van der Waals surface area (Å²) in [4.78, 5) is 53.3. The van der Waals surface area contributed by atoms with Crippen molar-refractivity contribution in [1.82, 2.24) is 4.90 Å². The summed E-state index contributed by atoms with van der Waals surface area (Å²) >= 11 is 0. The molecule has 0 aromatic heterocycles. The van der Waals surface area contributed by atoms with Gasteiger partial charge >= 0.3 is 12.1 Å². The molecule has 2 aromatic rings. The van der Waals surface area contributed by atoms with E-state index in [0.717, 1.165) is 36.3 Å². The first-order valence-corrected chi connectivity index (χ1v) is 12.2. The van der Waals surface area contributed by atoms with Gasteiger partial charge in [-0.15, -0.1) is 0 Å². The minimum atomic E-state index is -4.69. The summed E-state index contributed by atoms with van der Waals surface area (Å²) in [6, 6.07) is 12.0. The lowest BCUT2D eigenvalue weighted by Gasteiger charge is -2.26. The molecule has 37 heavy (non-hydrogen) atoms. The summed E-state index contributed by atoms with van der Waals surface area (Å²) in [5.74, 6) is -3.31. The number of halogens is 3. The number of hydrogen-bond donors (Lipinski definition) is 1. The highest BCUT2D eigenvalue weighted by Gasteiger charge is 2.62. The lowest BCUT2D eigenvalue weighted by Crippen LogP contribution is -2.48. The summed E-state index contributed by atoms with van der Waals surface area (Å²) in [6.45, 7) is -0.870. The number of nitrogens with one attached hydrogen (secondary N) is 1. The van der Waals surface area contributed by atoms with E-state index in [9.17, 15) is 32.3 Å². The fourth-order valence-electron chi connectivity index (χ4n) is 6.11. The van der Waals surface area contributed by atoms with E-state index >= 15 is 0 Å². The number of benzene rings is 2. The Morgan fingerprint density at radius 2 is 1.54 bits per heavy atom. The van der Waals surface area contributed by atoms with E-state index in [-0.39, 0.29) is 30.1 Å². The number of imide groups is 1. The highest BCUT2D eigenvalue weighted by molar-refractivity contribution is 6.08. The molecule has 0 unspecified atom stereocenters. The molecule has 2 aliphatic carbocycles. The van der Waals surface area contributed by atoms with Crippen LogP contribution in [0.1, 0.15) is 30.4 Å². The first-order valence-electron chi connectivity index (χ1n) is 12.2. The zero-order chi connectivity index (χ0) is 26.3. The summed E-state index contributed by atoms with van der Waals surface area (Å²) in [5, 5.41) is 2.12. The molecular weight excluding hydrogens is 489 g/mol. The van der Waals surface area contributed by atoms with Crippen molar-refractivity contribution in [3.63, 3.8) is 0 Å². The van der Waals surface area contributed by atoms with Crippen LogP contribution in [-0.4, -0.2) is 41.2 Å². The Morgan fingerprint density at radius 1 is 0.946 bits per heavy atom. The van der Waals surface area contributed by atoms with E-state index in [0.29, 0.717) is 5.56 Å². The van der Waals surface area contributed by atoms with E-state index in [1.165, 1.54) is 12.1 Å². The Bertz CT molecular complexity index is 1200. The zero-order valence-electron chi connectivity index (χ0n) is 19.7. The van der Waals surface area contributed by atoms with Crippen molar-refractivity contribution in [2.24, 2.45) is 23.7 Å². The van der Waals surface area contributed by atoms with Gasteiger partial charge in [-0.25, -0.2) is 4.79 Å². The van der Waals surface area contributed by atoms with Gasteiger partial charge in [0.1, 0.15) is 6.04 Å². The Hall–Kier alpha value is -3.69. The Kier molecular flexibility index (Phi) is 6.51. The monoisotopic (exact) mass is 514 g/mol. The van der Waals surface area contributed by atoms with E-state index in [2.05, 4.69) is 5.32 Å². The number of rotatable bonds is 7. The fourth-order valence-corrected chi connectivity index (χ4v) is 6.11. The molecule has 1 N–H and O–H groups in total.